The average Bonchev–Trinajstić information content (AvgIpc) is 2.93. The zero-order chi connectivity index (χ0) is 26.4. The molecule has 2 aliphatic carbocycles. The van der Waals surface area contributed by atoms with Crippen LogP contribution in [0.1, 0.15) is 44.1 Å². The Morgan fingerprint density at radius 3 is 2.49 bits per heavy atom. The number of nitrogens with two attached hydrogens (primary N) is 1. The van der Waals surface area contributed by atoms with E-state index >= 15 is 0 Å². The normalized spacial score (nSPS) is 28.5. The quantitative estimate of drug-likeness (QED) is 0.366. The van der Waals surface area contributed by atoms with E-state index in [2.05, 4.69) is 56.4 Å². The molecule has 1 aromatic heterocycles. The Hall–Kier alpha value is -2.77. The third kappa shape index (κ3) is 4.78. The Kier molecular flexibility index (Phi) is 6.68. The Morgan fingerprint density at radius 2 is 1.72 bits per heavy atom. The lowest BCUT2D eigenvalue weighted by Gasteiger charge is -2.69. The molecule has 204 valence electrons. The second kappa shape index (κ2) is 10.3. The van der Waals surface area contributed by atoms with E-state index in [-0.39, 0.29) is 5.75 Å². The predicted molar refractivity (Wildman–Crippen MR) is 159 cm³/mol. The molecule has 4 N–H and O–H groups in total. The Morgan fingerprint density at radius 1 is 0.949 bits per heavy atom. The number of anilines is 2. The van der Waals surface area contributed by atoms with E-state index in [1.807, 2.05) is 24.3 Å². The van der Waals surface area contributed by atoms with Crippen molar-refractivity contribution in [1.82, 2.24) is 15.5 Å². The molecule has 0 bridgehead atoms. The molecule has 4 atom stereocenters. The first-order chi connectivity index (χ1) is 19.1. The summed E-state index contributed by atoms with van der Waals surface area (Å²) in [6.45, 7) is 4.32. The molecule has 7 rings (SSSR count). The van der Waals surface area contributed by atoms with Gasteiger partial charge in [-0.25, -0.2) is 0 Å². The smallest absolute Gasteiger partial charge is 0.169 e. The summed E-state index contributed by atoms with van der Waals surface area (Å²) in [5.74, 6) is 3.20. The lowest BCUT2D eigenvalue weighted by Crippen LogP contribution is -2.63. The van der Waals surface area contributed by atoms with E-state index < -0.39 is 0 Å². The number of phenolic OH excluding ortho intramolecular Hbond substituents is 1. The van der Waals surface area contributed by atoms with Gasteiger partial charge >= 0.3 is 0 Å². The maximum Gasteiger partial charge on any atom is 0.169 e. The van der Waals surface area contributed by atoms with E-state index in [0.717, 1.165) is 54.9 Å². The molecule has 2 saturated carbocycles. The molecule has 4 aliphatic rings. The Bertz CT molecular complexity index is 1320. The molecule has 2 unspecified atom stereocenters. The molecule has 3 aromatic rings. The number of hydrogen-bond donors (Lipinski definition) is 3. The van der Waals surface area contributed by atoms with Crippen molar-refractivity contribution < 1.29 is 5.11 Å². The van der Waals surface area contributed by atoms with Gasteiger partial charge in [-0.1, -0.05) is 24.3 Å². The van der Waals surface area contributed by atoms with E-state index in [1.54, 1.807) is 11.6 Å². The summed E-state index contributed by atoms with van der Waals surface area (Å²) in [5, 5.41) is 23.1. The van der Waals surface area contributed by atoms with Crippen molar-refractivity contribution in [1.29, 1.82) is 0 Å². The highest BCUT2D eigenvalue weighted by Crippen LogP contribution is 2.70. The standard InChI is InChI=1S/C32H39N5OS/c33-31-28(17-27(35-36-31)26-6-1-2-7-29(26)38)37-14-10-22-19-32(20-23(11-15-37)30(22)32)18-21-4-3-5-25(16-21)39-24-8-12-34-13-9-24/h1-7,16-17,22-24,30,34,38H,8-15,18-20H2,(H2,33,36)/t22-,23+,30?,32?. The number of benzene rings is 2. The summed E-state index contributed by atoms with van der Waals surface area (Å²) >= 11 is 2.09. The van der Waals surface area contributed by atoms with Crippen LogP contribution in [0.3, 0.4) is 0 Å². The van der Waals surface area contributed by atoms with Gasteiger partial charge in [0.05, 0.1) is 11.4 Å². The van der Waals surface area contributed by atoms with Gasteiger partial charge in [-0.05, 0) is 117 Å². The van der Waals surface area contributed by atoms with Crippen LogP contribution in [-0.4, -0.2) is 46.7 Å². The first kappa shape index (κ1) is 25.2. The van der Waals surface area contributed by atoms with Crippen LogP contribution in [0, 0.1) is 23.2 Å². The molecule has 0 amide bonds. The average molecular weight is 542 g/mol. The van der Waals surface area contributed by atoms with Gasteiger partial charge in [0.25, 0.3) is 0 Å². The molecule has 2 aromatic carbocycles. The zero-order valence-electron chi connectivity index (χ0n) is 22.6. The first-order valence-corrected chi connectivity index (χ1v) is 15.6. The minimum atomic E-state index is 0.216. The molecule has 2 saturated heterocycles. The fourth-order valence-corrected chi connectivity index (χ4v) is 9.48. The van der Waals surface area contributed by atoms with Gasteiger partial charge in [-0.2, -0.15) is 0 Å². The van der Waals surface area contributed by atoms with Gasteiger partial charge in [-0.3, -0.25) is 0 Å². The summed E-state index contributed by atoms with van der Waals surface area (Å²) in [4.78, 5) is 3.88. The van der Waals surface area contributed by atoms with Crippen molar-refractivity contribution >= 4 is 23.3 Å². The van der Waals surface area contributed by atoms with Crippen LogP contribution in [-0.2, 0) is 6.42 Å². The van der Waals surface area contributed by atoms with Crippen molar-refractivity contribution in [3.05, 3.63) is 60.2 Å². The number of thioether (sulfide) groups is 1. The second-order valence-electron chi connectivity index (χ2n) is 12.3. The number of phenols is 1. The maximum absolute atomic E-state index is 10.3. The first-order valence-electron chi connectivity index (χ1n) is 14.7. The van der Waals surface area contributed by atoms with Crippen molar-refractivity contribution in [2.45, 2.75) is 55.1 Å². The van der Waals surface area contributed by atoms with Crippen molar-refractivity contribution in [2.24, 2.45) is 23.2 Å². The number of aromatic hydroxyl groups is 1. The van der Waals surface area contributed by atoms with E-state index in [1.165, 1.54) is 49.8 Å². The highest BCUT2D eigenvalue weighted by molar-refractivity contribution is 8.00. The van der Waals surface area contributed by atoms with E-state index in [9.17, 15) is 5.11 Å². The lowest BCUT2D eigenvalue weighted by molar-refractivity contribution is -0.190. The zero-order valence-corrected chi connectivity index (χ0v) is 23.4. The molecule has 0 radical (unpaired) electrons. The van der Waals surface area contributed by atoms with Crippen LogP contribution < -0.4 is 16.0 Å². The summed E-state index contributed by atoms with van der Waals surface area (Å²) < 4.78 is 0. The summed E-state index contributed by atoms with van der Waals surface area (Å²) in [6, 6.07) is 18.8. The molecule has 0 spiro atoms. The molecule has 39 heavy (non-hydrogen) atoms. The number of hydrogen-bond acceptors (Lipinski definition) is 7. The number of para-hydroxylation sites is 1. The van der Waals surface area contributed by atoms with E-state index in [4.69, 9.17) is 5.73 Å². The van der Waals surface area contributed by atoms with Crippen LogP contribution in [0.4, 0.5) is 11.5 Å². The molecule has 4 fully saturated rings. The van der Waals surface area contributed by atoms with Crippen LogP contribution in [0.15, 0.2) is 59.5 Å². The summed E-state index contributed by atoms with van der Waals surface area (Å²) in [6.07, 6.45) is 8.95. The van der Waals surface area contributed by atoms with Crippen molar-refractivity contribution in [3.8, 4) is 17.0 Å². The molecule has 6 nitrogen and oxygen atoms in total. The van der Waals surface area contributed by atoms with Crippen LogP contribution in [0.2, 0.25) is 0 Å². The van der Waals surface area contributed by atoms with E-state index in [0.29, 0.717) is 22.5 Å². The predicted octanol–water partition coefficient (Wildman–Crippen LogP) is 5.76. The fourth-order valence-electron chi connectivity index (χ4n) is 8.25. The molecular weight excluding hydrogens is 502 g/mol. The Labute approximate surface area is 235 Å². The van der Waals surface area contributed by atoms with Gasteiger partial charge in [0, 0.05) is 28.8 Å². The number of nitrogens with one attached hydrogen (secondary N) is 1. The summed E-state index contributed by atoms with van der Waals surface area (Å²) in [7, 11) is 0. The molecule has 2 aliphatic heterocycles. The van der Waals surface area contributed by atoms with Gasteiger partial charge in [-0.15, -0.1) is 22.0 Å². The maximum atomic E-state index is 10.3. The van der Waals surface area contributed by atoms with Gasteiger partial charge in [0.2, 0.25) is 0 Å². The third-order valence-electron chi connectivity index (χ3n) is 9.97. The largest absolute Gasteiger partial charge is 0.507 e. The lowest BCUT2D eigenvalue weighted by atomic mass is 9.36. The topological polar surface area (TPSA) is 87.3 Å². The molecular formula is C32H39N5OS. The van der Waals surface area contributed by atoms with Crippen LogP contribution in [0.5, 0.6) is 5.75 Å². The highest BCUT2D eigenvalue weighted by Gasteiger charge is 2.64. The summed E-state index contributed by atoms with van der Waals surface area (Å²) in [5.41, 5.74) is 10.7. The van der Waals surface area contributed by atoms with Gasteiger partial charge in [0.15, 0.2) is 5.82 Å². The molecule has 3 heterocycles. The van der Waals surface area contributed by atoms with Crippen LogP contribution >= 0.6 is 11.8 Å². The third-order valence-corrected chi connectivity index (χ3v) is 11.3. The number of rotatable bonds is 6. The van der Waals surface area contributed by atoms with Crippen molar-refractivity contribution in [3.63, 3.8) is 0 Å². The monoisotopic (exact) mass is 541 g/mol. The number of aromatic nitrogens is 2. The van der Waals surface area contributed by atoms with Crippen LogP contribution in [0.25, 0.3) is 11.3 Å². The minimum absolute atomic E-state index is 0.216. The number of piperidine rings is 1. The van der Waals surface area contributed by atoms with Gasteiger partial charge < -0.3 is 21.1 Å². The number of nitrogens with zero attached hydrogens (tertiary/aromatic N) is 3. The SMILES string of the molecule is Nc1nnc(-c2ccccc2O)cc1N1CC[C@@H]2CC3(Cc4cccc(SC5CCNCC5)c4)C[C@H](CC1)C23. The number of nitrogen functional groups attached to an aromatic ring is 1. The van der Waals surface area contributed by atoms with Gasteiger partial charge in [0.1, 0.15) is 5.75 Å². The fraction of sp³-hybridized carbons (Fsp3) is 0.500. The Balaban J connectivity index is 1.02. The molecule has 7 heteroatoms. The minimum Gasteiger partial charge on any atom is -0.507 e. The second-order valence-corrected chi connectivity index (χ2v) is 13.7. The van der Waals surface area contributed by atoms with Crippen molar-refractivity contribution in [2.75, 3.05) is 36.8 Å². The highest BCUT2D eigenvalue weighted by atomic mass is 32.2.